The highest BCUT2D eigenvalue weighted by Crippen LogP contribution is 2.26. The molecular formula is C13H19ClN2O3. The first kappa shape index (κ1) is 15.8. The van der Waals surface area contributed by atoms with Gasteiger partial charge in [0, 0.05) is 37.0 Å². The smallest absolute Gasteiger partial charge is 0.239 e. The zero-order chi connectivity index (χ0) is 14.3. The maximum Gasteiger partial charge on any atom is 0.239 e. The van der Waals surface area contributed by atoms with E-state index in [-0.39, 0.29) is 19.1 Å². The molecular weight excluding hydrogens is 268 g/mol. The molecule has 0 aliphatic heterocycles. The Morgan fingerprint density at radius 2 is 2.26 bits per heavy atom. The largest absolute Gasteiger partial charge is 0.392 e. The number of hydrogen-bond donors (Lipinski definition) is 2. The minimum absolute atomic E-state index is 0.108. The Morgan fingerprint density at radius 3 is 2.89 bits per heavy atom. The standard InChI is InChI=1S/C13H19ClN2O3/c1-16(8-13(18)15-6-7-19-2)12-5-3-4-11(14)10(12)9-17/h3-5,17H,6-9H2,1-2H3,(H,15,18). The summed E-state index contributed by atoms with van der Waals surface area (Å²) in [6.07, 6.45) is 0. The van der Waals surface area contributed by atoms with Crippen LogP contribution in [0.15, 0.2) is 18.2 Å². The molecule has 1 amide bonds. The fourth-order valence-corrected chi connectivity index (χ4v) is 1.94. The Balaban J connectivity index is 2.65. The highest BCUT2D eigenvalue weighted by atomic mass is 35.5. The van der Waals surface area contributed by atoms with Gasteiger partial charge in [-0.1, -0.05) is 17.7 Å². The zero-order valence-electron chi connectivity index (χ0n) is 11.1. The van der Waals surface area contributed by atoms with Crippen LogP contribution in [0.3, 0.4) is 0 Å². The third-order valence-electron chi connectivity index (χ3n) is 2.67. The molecule has 0 saturated heterocycles. The molecule has 0 unspecified atom stereocenters. The number of aliphatic hydroxyl groups excluding tert-OH is 1. The lowest BCUT2D eigenvalue weighted by Gasteiger charge is -2.22. The van der Waals surface area contributed by atoms with E-state index < -0.39 is 0 Å². The zero-order valence-corrected chi connectivity index (χ0v) is 11.9. The van der Waals surface area contributed by atoms with Crippen LogP contribution in [-0.4, -0.2) is 44.9 Å². The van der Waals surface area contributed by atoms with Gasteiger partial charge in [0.2, 0.25) is 5.91 Å². The second-order valence-electron chi connectivity index (χ2n) is 4.09. The summed E-state index contributed by atoms with van der Waals surface area (Å²) in [6.45, 7) is 0.988. The fourth-order valence-electron chi connectivity index (χ4n) is 1.71. The summed E-state index contributed by atoms with van der Waals surface area (Å²) in [5.41, 5.74) is 1.37. The van der Waals surface area contributed by atoms with E-state index in [1.165, 1.54) is 0 Å². The van der Waals surface area contributed by atoms with Gasteiger partial charge in [0.25, 0.3) is 0 Å². The van der Waals surface area contributed by atoms with Crippen molar-refractivity contribution < 1.29 is 14.6 Å². The van der Waals surface area contributed by atoms with Gasteiger partial charge in [-0.15, -0.1) is 0 Å². The van der Waals surface area contributed by atoms with Gasteiger partial charge in [-0.3, -0.25) is 4.79 Å². The third-order valence-corrected chi connectivity index (χ3v) is 3.03. The van der Waals surface area contributed by atoms with Gasteiger partial charge in [-0.25, -0.2) is 0 Å². The number of rotatable bonds is 7. The van der Waals surface area contributed by atoms with Crippen LogP contribution in [0.5, 0.6) is 0 Å². The van der Waals surface area contributed by atoms with Crippen LogP contribution in [0.2, 0.25) is 5.02 Å². The molecule has 6 heteroatoms. The van der Waals surface area contributed by atoms with Crippen molar-refractivity contribution in [1.29, 1.82) is 0 Å². The number of nitrogens with one attached hydrogen (secondary N) is 1. The average molecular weight is 287 g/mol. The van der Waals surface area contributed by atoms with Crippen LogP contribution in [0.1, 0.15) is 5.56 Å². The number of aliphatic hydroxyl groups is 1. The first-order valence-corrected chi connectivity index (χ1v) is 6.33. The van der Waals surface area contributed by atoms with Gasteiger partial charge in [-0.2, -0.15) is 0 Å². The molecule has 0 atom stereocenters. The molecule has 19 heavy (non-hydrogen) atoms. The second-order valence-corrected chi connectivity index (χ2v) is 4.50. The van der Waals surface area contributed by atoms with Crippen LogP contribution in [0, 0.1) is 0 Å². The van der Waals surface area contributed by atoms with E-state index >= 15 is 0 Å². The first-order chi connectivity index (χ1) is 9.10. The van der Waals surface area contributed by atoms with Crippen molar-refractivity contribution in [3.8, 4) is 0 Å². The maximum atomic E-state index is 11.7. The summed E-state index contributed by atoms with van der Waals surface area (Å²) in [5, 5.41) is 12.6. The Bertz CT molecular complexity index is 426. The van der Waals surface area contributed by atoms with Gasteiger partial charge in [-0.05, 0) is 12.1 Å². The van der Waals surface area contributed by atoms with Crippen molar-refractivity contribution in [2.75, 3.05) is 38.8 Å². The second kappa shape index (κ2) is 7.99. The lowest BCUT2D eigenvalue weighted by atomic mass is 10.1. The Hall–Kier alpha value is -1.30. The van der Waals surface area contributed by atoms with Crippen molar-refractivity contribution in [3.63, 3.8) is 0 Å². The van der Waals surface area contributed by atoms with E-state index in [0.717, 1.165) is 5.69 Å². The minimum atomic E-state index is -0.162. The molecule has 0 bridgehead atoms. The van der Waals surface area contributed by atoms with E-state index in [1.807, 2.05) is 6.07 Å². The van der Waals surface area contributed by atoms with Crippen LogP contribution >= 0.6 is 11.6 Å². The summed E-state index contributed by atoms with van der Waals surface area (Å²) in [7, 11) is 3.36. The summed E-state index contributed by atoms with van der Waals surface area (Å²) in [4.78, 5) is 13.4. The molecule has 0 aliphatic rings. The van der Waals surface area contributed by atoms with Crippen molar-refractivity contribution in [1.82, 2.24) is 5.32 Å². The molecule has 0 aliphatic carbocycles. The summed E-state index contributed by atoms with van der Waals surface area (Å²) < 4.78 is 4.86. The van der Waals surface area contributed by atoms with E-state index in [0.29, 0.717) is 23.7 Å². The van der Waals surface area contributed by atoms with Gasteiger partial charge < -0.3 is 20.1 Å². The molecule has 106 valence electrons. The lowest BCUT2D eigenvalue weighted by Crippen LogP contribution is -2.37. The number of methoxy groups -OCH3 is 1. The number of hydrogen-bond acceptors (Lipinski definition) is 4. The van der Waals surface area contributed by atoms with Gasteiger partial charge in [0.15, 0.2) is 0 Å². The molecule has 2 N–H and O–H groups in total. The molecule has 0 radical (unpaired) electrons. The number of carbonyl (C=O) groups excluding carboxylic acids is 1. The summed E-state index contributed by atoms with van der Waals surface area (Å²) >= 11 is 6.01. The van der Waals surface area contributed by atoms with E-state index in [1.54, 1.807) is 31.2 Å². The fraction of sp³-hybridized carbons (Fsp3) is 0.462. The minimum Gasteiger partial charge on any atom is -0.392 e. The number of benzene rings is 1. The van der Waals surface area contributed by atoms with Crippen LogP contribution in [0.4, 0.5) is 5.69 Å². The van der Waals surface area contributed by atoms with E-state index in [4.69, 9.17) is 16.3 Å². The van der Waals surface area contributed by atoms with Crippen molar-refractivity contribution in [2.45, 2.75) is 6.61 Å². The quantitative estimate of drug-likeness (QED) is 0.735. The van der Waals surface area contributed by atoms with Crippen molar-refractivity contribution >= 4 is 23.2 Å². The number of ether oxygens (including phenoxy) is 1. The number of carbonyl (C=O) groups is 1. The third kappa shape index (κ3) is 4.70. The Kier molecular flexibility index (Phi) is 6.62. The van der Waals surface area contributed by atoms with Crippen LogP contribution in [0.25, 0.3) is 0 Å². The predicted octanol–water partition coefficient (Wildman–Crippen LogP) is 1.03. The normalized spacial score (nSPS) is 10.3. The summed E-state index contributed by atoms with van der Waals surface area (Å²) in [5.74, 6) is -0.108. The highest BCUT2D eigenvalue weighted by molar-refractivity contribution is 6.31. The monoisotopic (exact) mass is 286 g/mol. The molecule has 0 spiro atoms. The van der Waals surface area contributed by atoms with Gasteiger partial charge in [0.1, 0.15) is 0 Å². The average Bonchev–Trinajstić information content (AvgIpc) is 2.38. The molecule has 1 aromatic rings. The SMILES string of the molecule is COCCNC(=O)CN(C)c1cccc(Cl)c1CO. The van der Waals surface area contributed by atoms with Gasteiger partial charge in [0.05, 0.1) is 19.8 Å². The van der Waals surface area contributed by atoms with Crippen molar-refractivity contribution in [2.24, 2.45) is 0 Å². The number of nitrogens with zero attached hydrogens (tertiary/aromatic N) is 1. The Labute approximate surface area is 118 Å². The Morgan fingerprint density at radius 1 is 1.53 bits per heavy atom. The van der Waals surface area contributed by atoms with Crippen LogP contribution < -0.4 is 10.2 Å². The predicted molar refractivity (Wildman–Crippen MR) is 75.5 cm³/mol. The number of amides is 1. The molecule has 5 nitrogen and oxygen atoms in total. The van der Waals surface area contributed by atoms with Crippen LogP contribution in [-0.2, 0) is 16.1 Å². The van der Waals surface area contributed by atoms with E-state index in [2.05, 4.69) is 5.32 Å². The van der Waals surface area contributed by atoms with Crippen molar-refractivity contribution in [3.05, 3.63) is 28.8 Å². The number of likely N-dealkylation sites (N-methyl/N-ethyl adjacent to an activating group) is 1. The molecule has 1 aromatic carbocycles. The molecule has 0 aromatic heterocycles. The highest BCUT2D eigenvalue weighted by Gasteiger charge is 2.12. The first-order valence-electron chi connectivity index (χ1n) is 5.95. The molecule has 0 heterocycles. The van der Waals surface area contributed by atoms with E-state index in [9.17, 15) is 9.90 Å². The number of anilines is 1. The topological polar surface area (TPSA) is 61.8 Å². The molecule has 0 fully saturated rings. The lowest BCUT2D eigenvalue weighted by molar-refractivity contribution is -0.119. The van der Waals surface area contributed by atoms with Gasteiger partial charge >= 0.3 is 0 Å². The number of halogens is 1. The maximum absolute atomic E-state index is 11.7. The summed E-state index contributed by atoms with van der Waals surface area (Å²) in [6, 6.07) is 5.32. The molecule has 1 rings (SSSR count). The molecule has 0 saturated carbocycles.